The third-order valence-electron chi connectivity index (χ3n) is 5.42. The minimum absolute atomic E-state index is 0.282. The number of methoxy groups -OCH3 is 1. The zero-order valence-electron chi connectivity index (χ0n) is 15.9. The van der Waals surface area contributed by atoms with Gasteiger partial charge in [0.05, 0.1) is 13.3 Å². The van der Waals surface area contributed by atoms with Crippen molar-refractivity contribution in [3.05, 3.63) is 64.9 Å². The van der Waals surface area contributed by atoms with E-state index in [9.17, 15) is 5.11 Å². The Bertz CT molecular complexity index is 939. The molecule has 2 aromatic carbocycles. The molecule has 0 amide bonds. The number of piperidine rings is 1. The number of phenolic OH excluding ortho intramolecular Hbond substituents is 1. The van der Waals surface area contributed by atoms with Crippen LogP contribution in [0.2, 0.25) is 5.02 Å². The van der Waals surface area contributed by atoms with E-state index in [1.54, 1.807) is 13.2 Å². The van der Waals surface area contributed by atoms with Crippen molar-refractivity contribution in [3.63, 3.8) is 0 Å². The lowest BCUT2D eigenvalue weighted by Gasteiger charge is -2.33. The van der Waals surface area contributed by atoms with E-state index in [4.69, 9.17) is 16.3 Å². The van der Waals surface area contributed by atoms with Gasteiger partial charge in [-0.25, -0.2) is 0 Å². The molecule has 1 aliphatic rings. The Kier molecular flexibility index (Phi) is 5.55. The van der Waals surface area contributed by atoms with E-state index < -0.39 is 0 Å². The monoisotopic (exact) mass is 397 g/mol. The number of halogens is 1. The zero-order valence-corrected chi connectivity index (χ0v) is 16.6. The number of nitrogens with zero attached hydrogens (tertiary/aromatic N) is 2. The summed E-state index contributed by atoms with van der Waals surface area (Å²) in [7, 11) is 1.60. The van der Waals surface area contributed by atoms with Gasteiger partial charge in [-0.3, -0.25) is 10.00 Å². The molecule has 146 valence electrons. The second kappa shape index (κ2) is 8.25. The molecule has 1 fully saturated rings. The molecule has 1 atom stereocenters. The van der Waals surface area contributed by atoms with Crippen LogP contribution in [0.5, 0.6) is 11.5 Å². The fraction of sp³-hybridized carbons (Fsp3) is 0.318. The predicted octanol–water partition coefficient (Wildman–Crippen LogP) is 4.82. The molecular weight excluding hydrogens is 374 g/mol. The van der Waals surface area contributed by atoms with Crippen LogP contribution in [-0.2, 0) is 6.54 Å². The molecule has 1 unspecified atom stereocenters. The highest BCUT2D eigenvalue weighted by atomic mass is 35.5. The van der Waals surface area contributed by atoms with Crippen LogP contribution in [0.1, 0.15) is 30.0 Å². The van der Waals surface area contributed by atoms with Crippen molar-refractivity contribution in [1.82, 2.24) is 15.1 Å². The number of aromatic nitrogens is 2. The maximum atomic E-state index is 10.3. The third kappa shape index (κ3) is 4.01. The van der Waals surface area contributed by atoms with E-state index in [0.717, 1.165) is 54.2 Å². The summed E-state index contributed by atoms with van der Waals surface area (Å²) in [6, 6.07) is 13.4. The van der Waals surface area contributed by atoms with Crippen LogP contribution in [0.3, 0.4) is 0 Å². The normalized spacial score (nSPS) is 17.6. The molecule has 6 heteroatoms. The number of hydrogen-bond donors (Lipinski definition) is 2. The lowest BCUT2D eigenvalue weighted by atomic mass is 9.90. The van der Waals surface area contributed by atoms with Crippen molar-refractivity contribution >= 4 is 11.6 Å². The first kappa shape index (κ1) is 18.8. The van der Waals surface area contributed by atoms with Crippen LogP contribution in [-0.4, -0.2) is 40.4 Å². The molecule has 4 rings (SSSR count). The van der Waals surface area contributed by atoms with Gasteiger partial charge in [0, 0.05) is 46.9 Å². The van der Waals surface area contributed by atoms with Crippen LogP contribution >= 0.6 is 11.6 Å². The van der Waals surface area contributed by atoms with E-state index >= 15 is 0 Å². The van der Waals surface area contributed by atoms with Crippen LogP contribution < -0.4 is 4.74 Å². The van der Waals surface area contributed by atoms with Crippen molar-refractivity contribution in [2.75, 3.05) is 20.2 Å². The fourth-order valence-electron chi connectivity index (χ4n) is 3.95. The van der Waals surface area contributed by atoms with E-state index in [1.807, 2.05) is 42.6 Å². The molecular formula is C22H24ClN3O2. The number of nitrogens with one attached hydrogen (secondary N) is 1. The molecule has 5 nitrogen and oxygen atoms in total. The molecule has 28 heavy (non-hydrogen) atoms. The molecule has 0 radical (unpaired) electrons. The summed E-state index contributed by atoms with van der Waals surface area (Å²) >= 11 is 6.03. The Labute approximate surface area is 169 Å². The summed E-state index contributed by atoms with van der Waals surface area (Å²) in [6.45, 7) is 2.66. The number of rotatable bonds is 5. The maximum Gasteiger partial charge on any atom is 0.123 e. The number of aromatic amines is 1. The molecule has 1 aliphatic heterocycles. The summed E-state index contributed by atoms with van der Waals surface area (Å²) < 4.78 is 5.18. The topological polar surface area (TPSA) is 61.4 Å². The largest absolute Gasteiger partial charge is 0.507 e. The number of phenols is 1. The summed E-state index contributed by atoms with van der Waals surface area (Å²) in [5.41, 5.74) is 4.35. The molecule has 1 aromatic heterocycles. The zero-order chi connectivity index (χ0) is 19.5. The second-order valence-corrected chi connectivity index (χ2v) is 7.71. The van der Waals surface area contributed by atoms with Gasteiger partial charge in [-0.2, -0.15) is 5.10 Å². The molecule has 2 heterocycles. The number of hydrogen-bond acceptors (Lipinski definition) is 4. The lowest BCUT2D eigenvalue weighted by Crippen LogP contribution is -2.34. The quantitative estimate of drug-likeness (QED) is 0.647. The van der Waals surface area contributed by atoms with Gasteiger partial charge in [0.2, 0.25) is 0 Å². The molecule has 3 aromatic rings. The highest BCUT2D eigenvalue weighted by Crippen LogP contribution is 2.34. The number of ether oxygens (including phenoxy) is 1. The first-order valence-corrected chi connectivity index (χ1v) is 9.89. The van der Waals surface area contributed by atoms with E-state index in [-0.39, 0.29) is 5.75 Å². The highest BCUT2D eigenvalue weighted by Gasteiger charge is 2.25. The molecule has 0 saturated carbocycles. The molecule has 0 bridgehead atoms. The Morgan fingerprint density at radius 2 is 2.07 bits per heavy atom. The lowest BCUT2D eigenvalue weighted by molar-refractivity contribution is 0.196. The standard InChI is InChI=1S/C22H24ClN3O2/c1-28-19-9-6-16(21(27)11-19)13-26-10-2-3-17(14-26)22-20(12-24-25-22)15-4-7-18(23)8-5-15/h4-9,11-12,17,27H,2-3,10,13-14H2,1H3,(H,24,25). The molecule has 2 N–H and O–H groups in total. The summed E-state index contributed by atoms with van der Waals surface area (Å²) in [5.74, 6) is 1.33. The van der Waals surface area contributed by atoms with Crippen molar-refractivity contribution in [2.45, 2.75) is 25.3 Å². The number of likely N-dealkylation sites (tertiary alicyclic amines) is 1. The summed E-state index contributed by atoms with van der Waals surface area (Å²) in [6.07, 6.45) is 4.13. The third-order valence-corrected chi connectivity index (χ3v) is 5.68. The number of aromatic hydroxyl groups is 1. The maximum absolute atomic E-state index is 10.3. The Hall–Kier alpha value is -2.50. The van der Waals surface area contributed by atoms with Crippen molar-refractivity contribution < 1.29 is 9.84 Å². The summed E-state index contributed by atoms with van der Waals surface area (Å²) in [4.78, 5) is 2.39. The molecule has 0 aliphatic carbocycles. The van der Waals surface area contributed by atoms with Crippen LogP contribution in [0, 0.1) is 0 Å². The molecule has 1 saturated heterocycles. The van der Waals surface area contributed by atoms with Crippen molar-refractivity contribution in [2.24, 2.45) is 0 Å². The van der Waals surface area contributed by atoms with E-state index in [0.29, 0.717) is 11.7 Å². The van der Waals surface area contributed by atoms with E-state index in [1.165, 1.54) is 5.69 Å². The van der Waals surface area contributed by atoms with Gasteiger partial charge in [-0.15, -0.1) is 0 Å². The fourth-order valence-corrected chi connectivity index (χ4v) is 4.07. The van der Waals surface area contributed by atoms with Gasteiger partial charge >= 0.3 is 0 Å². The predicted molar refractivity (Wildman–Crippen MR) is 111 cm³/mol. The molecule has 0 spiro atoms. The Balaban J connectivity index is 1.50. The van der Waals surface area contributed by atoms with Gasteiger partial charge in [0.25, 0.3) is 0 Å². The number of benzene rings is 2. The van der Waals surface area contributed by atoms with Crippen LogP contribution in [0.25, 0.3) is 11.1 Å². The smallest absolute Gasteiger partial charge is 0.123 e. The first-order chi connectivity index (χ1) is 13.6. The minimum Gasteiger partial charge on any atom is -0.507 e. The van der Waals surface area contributed by atoms with Gasteiger partial charge in [-0.1, -0.05) is 29.8 Å². The Morgan fingerprint density at radius 3 is 2.82 bits per heavy atom. The summed E-state index contributed by atoms with van der Waals surface area (Å²) in [5, 5.41) is 18.5. The van der Waals surface area contributed by atoms with Gasteiger partial charge < -0.3 is 9.84 Å². The van der Waals surface area contributed by atoms with Crippen LogP contribution in [0.4, 0.5) is 0 Å². The highest BCUT2D eigenvalue weighted by molar-refractivity contribution is 6.30. The average Bonchev–Trinajstić information content (AvgIpc) is 3.20. The number of H-pyrrole nitrogens is 1. The second-order valence-electron chi connectivity index (χ2n) is 7.27. The van der Waals surface area contributed by atoms with Gasteiger partial charge in [-0.05, 0) is 43.1 Å². The van der Waals surface area contributed by atoms with Gasteiger partial charge in [0.1, 0.15) is 11.5 Å². The SMILES string of the molecule is COc1ccc(CN2CCCC(c3[nH]ncc3-c3ccc(Cl)cc3)C2)c(O)c1. The van der Waals surface area contributed by atoms with Crippen molar-refractivity contribution in [3.8, 4) is 22.6 Å². The van der Waals surface area contributed by atoms with Gasteiger partial charge in [0.15, 0.2) is 0 Å². The van der Waals surface area contributed by atoms with Crippen molar-refractivity contribution in [1.29, 1.82) is 0 Å². The van der Waals surface area contributed by atoms with E-state index in [2.05, 4.69) is 15.1 Å². The Morgan fingerprint density at radius 1 is 1.25 bits per heavy atom. The average molecular weight is 398 g/mol. The minimum atomic E-state index is 0.282. The first-order valence-electron chi connectivity index (χ1n) is 9.51. The van der Waals surface area contributed by atoms with Crippen LogP contribution in [0.15, 0.2) is 48.7 Å².